The van der Waals surface area contributed by atoms with E-state index in [9.17, 15) is 17.4 Å². The van der Waals surface area contributed by atoms with Gasteiger partial charge in [-0.15, -0.1) is 0 Å². The summed E-state index contributed by atoms with van der Waals surface area (Å²) in [6.07, 6.45) is 0. The first-order valence-corrected chi connectivity index (χ1v) is 13.7. The SMILES string of the molecule is CC(C)(C)C(=O)C(C)(C)C.CC(C)(C)S(=O)(=O)C(C)(C)C.CC(C)(C)S(=O)C(C)(C)C. The van der Waals surface area contributed by atoms with Crippen LogP contribution in [0.1, 0.15) is 125 Å². The number of hydrogen-bond acceptors (Lipinski definition) is 4. The molecular formula is C25H54O4S2. The second-order valence-electron chi connectivity index (χ2n) is 14.1. The van der Waals surface area contributed by atoms with Crippen molar-refractivity contribution in [2.75, 3.05) is 0 Å². The molecule has 0 saturated heterocycles. The molecule has 0 saturated carbocycles. The van der Waals surface area contributed by atoms with Crippen LogP contribution in [-0.4, -0.2) is 37.4 Å². The summed E-state index contributed by atoms with van der Waals surface area (Å²) in [5.74, 6) is 0.319. The van der Waals surface area contributed by atoms with Crippen molar-refractivity contribution in [3.05, 3.63) is 0 Å². The van der Waals surface area contributed by atoms with E-state index < -0.39 is 30.1 Å². The minimum atomic E-state index is -3.01. The predicted octanol–water partition coefficient (Wildman–Crippen LogP) is 6.98. The molecular weight excluding hydrogens is 428 g/mol. The van der Waals surface area contributed by atoms with Crippen molar-refractivity contribution in [3.63, 3.8) is 0 Å². The molecule has 0 amide bonds. The van der Waals surface area contributed by atoms with Gasteiger partial charge >= 0.3 is 0 Å². The molecule has 4 nitrogen and oxygen atoms in total. The highest BCUT2D eigenvalue weighted by Gasteiger charge is 2.39. The van der Waals surface area contributed by atoms with Gasteiger partial charge in [-0.1, -0.05) is 41.5 Å². The zero-order valence-corrected chi connectivity index (χ0v) is 25.6. The fourth-order valence-corrected chi connectivity index (χ4v) is 6.64. The fraction of sp³-hybridized carbons (Fsp3) is 0.960. The number of sulfone groups is 1. The van der Waals surface area contributed by atoms with Crippen LogP contribution in [0.15, 0.2) is 0 Å². The molecule has 0 fully saturated rings. The Kier molecular flexibility index (Phi) is 12.3. The van der Waals surface area contributed by atoms with E-state index in [0.717, 1.165) is 0 Å². The topological polar surface area (TPSA) is 68.3 Å². The van der Waals surface area contributed by atoms with Gasteiger partial charge < -0.3 is 0 Å². The molecule has 0 aliphatic carbocycles. The van der Waals surface area contributed by atoms with Gasteiger partial charge in [0.15, 0.2) is 9.84 Å². The van der Waals surface area contributed by atoms with E-state index in [4.69, 9.17) is 0 Å². The number of rotatable bonds is 0. The quantitative estimate of drug-likeness (QED) is 0.373. The van der Waals surface area contributed by atoms with Crippen LogP contribution < -0.4 is 0 Å². The van der Waals surface area contributed by atoms with Gasteiger partial charge in [-0.25, -0.2) is 8.42 Å². The molecule has 190 valence electrons. The number of ketones is 1. The van der Waals surface area contributed by atoms with Crippen molar-refractivity contribution in [3.8, 4) is 0 Å². The third-order valence-electron chi connectivity index (χ3n) is 4.09. The summed E-state index contributed by atoms with van der Waals surface area (Å²) < 4.78 is 33.5. The molecule has 0 spiro atoms. The van der Waals surface area contributed by atoms with Crippen molar-refractivity contribution >= 4 is 26.4 Å². The van der Waals surface area contributed by atoms with Crippen molar-refractivity contribution in [1.82, 2.24) is 0 Å². The Balaban J connectivity index is -0.000000380. The number of carbonyl (C=O) groups is 1. The molecule has 0 rings (SSSR count). The molecule has 0 aliphatic heterocycles. The van der Waals surface area contributed by atoms with Gasteiger partial charge in [-0.05, 0) is 83.1 Å². The van der Waals surface area contributed by atoms with E-state index in [1.54, 1.807) is 41.5 Å². The minimum Gasteiger partial charge on any atom is -0.299 e. The summed E-state index contributed by atoms with van der Waals surface area (Å²) in [5, 5.41) is 0. The second kappa shape index (κ2) is 10.8. The Hall–Kier alpha value is -0.230. The summed E-state index contributed by atoms with van der Waals surface area (Å²) in [5.41, 5.74) is -0.392. The lowest BCUT2D eigenvalue weighted by molar-refractivity contribution is -0.134. The molecule has 0 unspecified atom stereocenters. The van der Waals surface area contributed by atoms with Crippen LogP contribution in [0, 0.1) is 10.8 Å². The lowest BCUT2D eigenvalue weighted by atomic mass is 9.76. The van der Waals surface area contributed by atoms with E-state index in [-0.39, 0.29) is 20.3 Å². The molecule has 0 atom stereocenters. The third-order valence-corrected chi connectivity index (χ3v) is 9.54. The van der Waals surface area contributed by atoms with E-state index >= 15 is 0 Å². The summed E-state index contributed by atoms with van der Waals surface area (Å²) in [6, 6.07) is 0. The normalized spacial score (nSPS) is 14.3. The monoisotopic (exact) mass is 482 g/mol. The van der Waals surface area contributed by atoms with Crippen molar-refractivity contribution in [1.29, 1.82) is 0 Å². The van der Waals surface area contributed by atoms with Crippen LogP contribution in [0.4, 0.5) is 0 Å². The van der Waals surface area contributed by atoms with Gasteiger partial charge in [0.2, 0.25) is 0 Å². The van der Waals surface area contributed by atoms with Gasteiger partial charge in [0, 0.05) is 31.1 Å². The number of Topliss-reactive ketones (excluding diaryl/α,β-unsaturated/α-hetero) is 1. The van der Waals surface area contributed by atoms with Gasteiger partial charge in [0.1, 0.15) is 5.78 Å². The molecule has 0 radical (unpaired) electrons. The molecule has 0 aromatic rings. The van der Waals surface area contributed by atoms with Crippen LogP contribution in [0.2, 0.25) is 0 Å². The Labute approximate surface area is 198 Å². The minimum absolute atomic E-state index is 0.0851. The molecule has 0 aromatic carbocycles. The highest BCUT2D eigenvalue weighted by atomic mass is 32.2. The maximum atomic E-state index is 11.7. The first-order chi connectivity index (χ1) is 12.8. The van der Waals surface area contributed by atoms with Crippen LogP contribution in [0.3, 0.4) is 0 Å². The molecule has 0 bridgehead atoms. The van der Waals surface area contributed by atoms with E-state index in [0.29, 0.717) is 5.78 Å². The number of hydrogen-bond donors (Lipinski definition) is 0. The lowest BCUT2D eigenvalue weighted by Crippen LogP contribution is -2.41. The molecule has 31 heavy (non-hydrogen) atoms. The van der Waals surface area contributed by atoms with E-state index in [1.807, 2.05) is 83.1 Å². The van der Waals surface area contributed by atoms with Crippen molar-refractivity contribution < 1.29 is 17.4 Å². The molecule has 6 heteroatoms. The predicted molar refractivity (Wildman–Crippen MR) is 140 cm³/mol. The highest BCUT2D eigenvalue weighted by Crippen LogP contribution is 2.28. The van der Waals surface area contributed by atoms with E-state index in [2.05, 4.69) is 0 Å². The highest BCUT2D eigenvalue weighted by molar-refractivity contribution is 7.94. The van der Waals surface area contributed by atoms with Crippen LogP contribution >= 0.6 is 0 Å². The smallest absolute Gasteiger partial charge is 0.160 e. The largest absolute Gasteiger partial charge is 0.299 e. The summed E-state index contributed by atoms with van der Waals surface area (Å²) >= 11 is 0. The lowest BCUT2D eigenvalue weighted by Gasteiger charge is -2.29. The summed E-state index contributed by atoms with van der Waals surface area (Å²) in [7, 11) is -3.77. The first-order valence-electron chi connectivity index (χ1n) is 11.0. The Morgan fingerprint density at radius 1 is 0.516 bits per heavy atom. The number of carbonyl (C=O) groups excluding carboxylic acids is 1. The standard InChI is InChI=1S/C9H18O.C8H18O2S.C8H18OS/c1-8(2,3)7(10)9(4,5)6;1-7(2,3)11(9,10)8(4,5)6;1-7(2,3)10(9)8(4,5)6/h1-6H3;1-6H3;1-6H3. The van der Waals surface area contributed by atoms with Crippen LogP contribution in [-0.2, 0) is 25.4 Å². The average Bonchev–Trinajstić information content (AvgIpc) is 2.40. The van der Waals surface area contributed by atoms with Crippen LogP contribution in [0.5, 0.6) is 0 Å². The third kappa shape index (κ3) is 13.2. The Morgan fingerprint density at radius 2 is 0.710 bits per heavy atom. The Bertz CT molecular complexity index is 602. The molecule has 0 aromatic heterocycles. The molecule has 0 aliphatic rings. The van der Waals surface area contributed by atoms with Gasteiger partial charge in [-0.3, -0.25) is 9.00 Å². The van der Waals surface area contributed by atoms with Gasteiger partial charge in [0.05, 0.1) is 9.49 Å². The second-order valence-corrected chi connectivity index (χ2v) is 20.5. The van der Waals surface area contributed by atoms with Crippen molar-refractivity contribution in [2.24, 2.45) is 10.8 Å². The van der Waals surface area contributed by atoms with E-state index in [1.165, 1.54) is 0 Å². The fourth-order valence-electron chi connectivity index (χ4n) is 2.96. The first kappa shape index (κ1) is 35.4. The maximum Gasteiger partial charge on any atom is 0.160 e. The zero-order chi connectivity index (χ0) is 26.7. The molecule has 0 heterocycles. The molecule has 0 N–H and O–H groups in total. The Morgan fingerprint density at radius 3 is 0.710 bits per heavy atom. The van der Waals surface area contributed by atoms with Gasteiger partial charge in [-0.2, -0.15) is 0 Å². The average molecular weight is 483 g/mol. The van der Waals surface area contributed by atoms with Crippen LogP contribution in [0.25, 0.3) is 0 Å². The maximum absolute atomic E-state index is 11.7. The summed E-state index contributed by atoms with van der Waals surface area (Å²) in [4.78, 5) is 11.5. The van der Waals surface area contributed by atoms with Crippen molar-refractivity contribution in [2.45, 2.75) is 144 Å². The van der Waals surface area contributed by atoms with Gasteiger partial charge in [0.25, 0.3) is 0 Å². The summed E-state index contributed by atoms with van der Waals surface area (Å²) in [6.45, 7) is 34.2. The zero-order valence-electron chi connectivity index (χ0n) is 23.9.